The Balaban J connectivity index is 2.46. The molecule has 2 rings (SSSR count). The maximum Gasteiger partial charge on any atom is 0.120 e. The first kappa shape index (κ1) is 13.9. The van der Waals surface area contributed by atoms with Crippen molar-refractivity contribution in [2.75, 3.05) is 0 Å². The highest BCUT2D eigenvalue weighted by atomic mass is 16.5. The number of fused-ring (bicyclic) bond motifs is 1. The van der Waals surface area contributed by atoms with E-state index in [0.717, 1.165) is 5.75 Å². The van der Waals surface area contributed by atoms with Gasteiger partial charge in [0, 0.05) is 0 Å². The van der Waals surface area contributed by atoms with Gasteiger partial charge in [0.05, 0.1) is 0 Å². The van der Waals surface area contributed by atoms with Gasteiger partial charge in [-0.25, -0.2) is 0 Å². The number of rotatable bonds is 1. The smallest absolute Gasteiger partial charge is 0.120 e. The van der Waals surface area contributed by atoms with E-state index >= 15 is 0 Å². The van der Waals surface area contributed by atoms with Gasteiger partial charge in [-0.1, -0.05) is 45.0 Å². The SMILES string of the molecule is CC(C)(C)Oc1ccc2ccc(C(C)(C)C)cc2c1. The summed E-state index contributed by atoms with van der Waals surface area (Å²) in [4.78, 5) is 0. The Labute approximate surface area is 116 Å². The molecule has 0 unspecified atom stereocenters. The van der Waals surface area contributed by atoms with E-state index in [1.165, 1.54) is 16.3 Å². The summed E-state index contributed by atoms with van der Waals surface area (Å²) >= 11 is 0. The fourth-order valence-electron chi connectivity index (χ4n) is 2.11. The fraction of sp³-hybridized carbons (Fsp3) is 0.444. The van der Waals surface area contributed by atoms with Gasteiger partial charge in [-0.3, -0.25) is 0 Å². The largest absolute Gasteiger partial charge is 0.488 e. The lowest BCUT2D eigenvalue weighted by molar-refractivity contribution is 0.131. The van der Waals surface area contributed by atoms with Crippen LogP contribution in [0.1, 0.15) is 47.1 Å². The van der Waals surface area contributed by atoms with Gasteiger partial charge in [-0.2, -0.15) is 0 Å². The molecule has 0 spiro atoms. The lowest BCUT2D eigenvalue weighted by Gasteiger charge is -2.22. The Kier molecular flexibility index (Phi) is 3.34. The van der Waals surface area contributed by atoms with E-state index in [9.17, 15) is 0 Å². The maximum atomic E-state index is 5.94. The van der Waals surface area contributed by atoms with Crippen molar-refractivity contribution in [2.24, 2.45) is 0 Å². The average molecular weight is 256 g/mol. The molecule has 2 aromatic carbocycles. The Morgan fingerprint density at radius 2 is 1.37 bits per heavy atom. The molecule has 1 nitrogen and oxygen atoms in total. The van der Waals surface area contributed by atoms with Crippen molar-refractivity contribution in [2.45, 2.75) is 52.6 Å². The zero-order chi connectivity index (χ0) is 14.3. The van der Waals surface area contributed by atoms with Crippen molar-refractivity contribution in [3.63, 3.8) is 0 Å². The van der Waals surface area contributed by atoms with Crippen LogP contribution in [0.2, 0.25) is 0 Å². The second kappa shape index (κ2) is 4.56. The molecule has 0 saturated heterocycles. The van der Waals surface area contributed by atoms with E-state index in [1.54, 1.807) is 0 Å². The van der Waals surface area contributed by atoms with E-state index in [2.05, 4.69) is 71.9 Å². The van der Waals surface area contributed by atoms with E-state index in [4.69, 9.17) is 4.74 Å². The topological polar surface area (TPSA) is 9.23 Å². The first-order valence-corrected chi connectivity index (χ1v) is 6.88. The van der Waals surface area contributed by atoms with Crippen molar-refractivity contribution in [1.82, 2.24) is 0 Å². The van der Waals surface area contributed by atoms with Gasteiger partial charge >= 0.3 is 0 Å². The molecule has 19 heavy (non-hydrogen) atoms. The molecule has 0 aliphatic rings. The predicted octanol–water partition coefficient (Wildman–Crippen LogP) is 5.31. The standard InChI is InChI=1S/C18H24O/c1-17(2,3)15-9-7-13-8-10-16(12-14(13)11-15)19-18(4,5)6/h7-12H,1-6H3. The minimum Gasteiger partial charge on any atom is -0.488 e. The Morgan fingerprint density at radius 3 is 1.95 bits per heavy atom. The summed E-state index contributed by atoms with van der Waals surface area (Å²) < 4.78 is 5.94. The minimum absolute atomic E-state index is 0.157. The van der Waals surface area contributed by atoms with Gasteiger partial charge in [0.1, 0.15) is 11.4 Å². The summed E-state index contributed by atoms with van der Waals surface area (Å²) in [6, 6.07) is 13.0. The molecule has 0 bridgehead atoms. The summed E-state index contributed by atoms with van der Waals surface area (Å²) in [7, 11) is 0. The minimum atomic E-state index is -0.157. The van der Waals surface area contributed by atoms with Crippen LogP contribution in [0.3, 0.4) is 0 Å². The van der Waals surface area contributed by atoms with E-state index in [0.29, 0.717) is 0 Å². The van der Waals surface area contributed by atoms with Crippen LogP contribution in [-0.2, 0) is 5.41 Å². The second-order valence-corrected chi connectivity index (χ2v) is 7.19. The molecule has 0 aromatic heterocycles. The monoisotopic (exact) mass is 256 g/mol. The maximum absolute atomic E-state index is 5.94. The lowest BCUT2D eigenvalue weighted by Crippen LogP contribution is -2.22. The molecule has 0 atom stereocenters. The molecule has 0 heterocycles. The summed E-state index contributed by atoms with van der Waals surface area (Å²) in [6.45, 7) is 12.9. The number of hydrogen-bond acceptors (Lipinski definition) is 1. The van der Waals surface area contributed by atoms with Crippen LogP contribution in [0.5, 0.6) is 5.75 Å². The van der Waals surface area contributed by atoms with Crippen LogP contribution in [0.4, 0.5) is 0 Å². The molecule has 0 fully saturated rings. The normalized spacial score (nSPS) is 12.7. The highest BCUT2D eigenvalue weighted by Crippen LogP contribution is 2.29. The van der Waals surface area contributed by atoms with E-state index < -0.39 is 0 Å². The van der Waals surface area contributed by atoms with Crippen LogP contribution in [0, 0.1) is 0 Å². The van der Waals surface area contributed by atoms with E-state index in [-0.39, 0.29) is 11.0 Å². The van der Waals surface area contributed by atoms with E-state index in [1.807, 2.05) is 6.07 Å². The van der Waals surface area contributed by atoms with Crippen molar-refractivity contribution in [3.05, 3.63) is 42.0 Å². The molecule has 0 amide bonds. The zero-order valence-electron chi connectivity index (χ0n) is 12.9. The first-order chi connectivity index (χ1) is 8.65. The Hall–Kier alpha value is -1.50. The van der Waals surface area contributed by atoms with Crippen molar-refractivity contribution in [1.29, 1.82) is 0 Å². The third-order valence-electron chi connectivity index (χ3n) is 3.10. The number of ether oxygens (including phenoxy) is 1. The molecule has 2 aromatic rings. The quantitative estimate of drug-likeness (QED) is 0.671. The summed E-state index contributed by atoms with van der Waals surface area (Å²) in [6.07, 6.45) is 0. The van der Waals surface area contributed by atoms with Gasteiger partial charge in [-0.15, -0.1) is 0 Å². The van der Waals surface area contributed by atoms with Crippen LogP contribution in [-0.4, -0.2) is 5.60 Å². The molecule has 0 N–H and O–H groups in total. The van der Waals surface area contributed by atoms with Gasteiger partial charge in [-0.05, 0) is 54.7 Å². The summed E-state index contributed by atoms with van der Waals surface area (Å²) in [5.41, 5.74) is 1.37. The van der Waals surface area contributed by atoms with Gasteiger partial charge in [0.25, 0.3) is 0 Å². The highest BCUT2D eigenvalue weighted by molar-refractivity contribution is 5.84. The third kappa shape index (κ3) is 3.50. The van der Waals surface area contributed by atoms with Crippen molar-refractivity contribution >= 4 is 10.8 Å². The van der Waals surface area contributed by atoms with Gasteiger partial charge in [0.2, 0.25) is 0 Å². The molecule has 0 aliphatic carbocycles. The zero-order valence-corrected chi connectivity index (χ0v) is 12.9. The molecule has 1 heteroatoms. The summed E-state index contributed by atoms with van der Waals surface area (Å²) in [5.74, 6) is 0.936. The van der Waals surface area contributed by atoms with Crippen molar-refractivity contribution < 1.29 is 4.74 Å². The predicted molar refractivity (Wildman–Crippen MR) is 83.0 cm³/mol. The van der Waals surface area contributed by atoms with Gasteiger partial charge < -0.3 is 4.74 Å². The molecular formula is C18H24O. The average Bonchev–Trinajstić information content (AvgIpc) is 2.24. The fourth-order valence-corrected chi connectivity index (χ4v) is 2.11. The molecule has 0 aliphatic heterocycles. The highest BCUT2D eigenvalue weighted by Gasteiger charge is 2.15. The lowest BCUT2D eigenvalue weighted by atomic mass is 9.86. The van der Waals surface area contributed by atoms with Crippen molar-refractivity contribution in [3.8, 4) is 5.75 Å². The summed E-state index contributed by atoms with van der Waals surface area (Å²) in [5, 5.41) is 2.50. The van der Waals surface area contributed by atoms with Crippen LogP contribution in [0.15, 0.2) is 36.4 Å². The third-order valence-corrected chi connectivity index (χ3v) is 3.10. The van der Waals surface area contributed by atoms with Crippen LogP contribution >= 0.6 is 0 Å². The molecule has 0 radical (unpaired) electrons. The number of hydrogen-bond donors (Lipinski definition) is 0. The molecular weight excluding hydrogens is 232 g/mol. The van der Waals surface area contributed by atoms with Crippen LogP contribution in [0.25, 0.3) is 10.8 Å². The number of benzene rings is 2. The first-order valence-electron chi connectivity index (χ1n) is 6.88. The molecule has 102 valence electrons. The van der Waals surface area contributed by atoms with Gasteiger partial charge in [0.15, 0.2) is 0 Å². The Morgan fingerprint density at radius 1 is 0.737 bits per heavy atom. The van der Waals surface area contributed by atoms with Crippen LogP contribution < -0.4 is 4.74 Å². The molecule has 0 saturated carbocycles. The Bertz CT molecular complexity index is 583. The second-order valence-electron chi connectivity index (χ2n) is 7.19.